The van der Waals surface area contributed by atoms with E-state index in [-0.39, 0.29) is 0 Å². The van der Waals surface area contributed by atoms with Crippen LogP contribution in [0.4, 0.5) is 0 Å². The molecule has 118 valence electrons. The Labute approximate surface area is 162 Å². The molecule has 3 rings (SSSR count). The zero-order valence-corrected chi connectivity index (χ0v) is 16.0. The van der Waals surface area contributed by atoms with E-state index >= 15 is 0 Å². The maximum Gasteiger partial charge on any atom is 0.134 e. The van der Waals surface area contributed by atoms with Gasteiger partial charge in [0.15, 0.2) is 0 Å². The van der Waals surface area contributed by atoms with Gasteiger partial charge in [-0.05, 0) is 35.9 Å². The van der Waals surface area contributed by atoms with E-state index < -0.39 is 0 Å². The van der Waals surface area contributed by atoms with Gasteiger partial charge in [0, 0.05) is 25.5 Å². The molecule has 0 saturated carbocycles. The number of aromatic nitrogens is 1. The van der Waals surface area contributed by atoms with E-state index in [9.17, 15) is 5.26 Å². The minimum atomic E-state index is 0.465. The van der Waals surface area contributed by atoms with Crippen LogP contribution in [0, 0.1) is 11.3 Å². The lowest BCUT2D eigenvalue weighted by Gasteiger charge is -2.00. The van der Waals surface area contributed by atoms with Gasteiger partial charge in [0.25, 0.3) is 0 Å². The molecule has 0 radical (unpaired) electrons. The normalized spacial score (nSPS) is 11.3. The second-order valence-corrected chi connectivity index (χ2v) is 7.50. The summed E-state index contributed by atoms with van der Waals surface area (Å²) in [7, 11) is 0. The number of rotatable bonds is 3. The van der Waals surface area contributed by atoms with Crippen LogP contribution in [0.1, 0.15) is 10.6 Å². The average molecular weight is 436 g/mol. The van der Waals surface area contributed by atoms with Crippen molar-refractivity contribution < 1.29 is 0 Å². The van der Waals surface area contributed by atoms with Gasteiger partial charge < -0.3 is 0 Å². The zero-order chi connectivity index (χ0) is 17.1. The van der Waals surface area contributed by atoms with Gasteiger partial charge >= 0.3 is 0 Å². The predicted molar refractivity (Wildman–Crippen MR) is 105 cm³/mol. The first kappa shape index (κ1) is 17.2. The Balaban J connectivity index is 1.96. The Morgan fingerprint density at radius 2 is 1.92 bits per heavy atom. The van der Waals surface area contributed by atoms with Crippen LogP contribution in [0.3, 0.4) is 0 Å². The summed E-state index contributed by atoms with van der Waals surface area (Å²) >= 11 is 16.9. The van der Waals surface area contributed by atoms with E-state index in [1.165, 1.54) is 11.3 Å². The number of benzene rings is 2. The standard InChI is InChI=1S/C18H9BrCl2N2S/c19-14-4-1-11(2-5-14)17-10-24-18(23-17)13(9-22)7-12-3-6-15(20)8-16(12)21/h1-8,10H. The van der Waals surface area contributed by atoms with Crippen LogP contribution >= 0.6 is 50.5 Å². The molecule has 2 nitrogen and oxygen atoms in total. The number of nitrogens with zero attached hydrogens (tertiary/aromatic N) is 2. The molecule has 1 heterocycles. The summed E-state index contributed by atoms with van der Waals surface area (Å²) in [5, 5.41) is 13.1. The van der Waals surface area contributed by atoms with Crippen LogP contribution in [0.5, 0.6) is 0 Å². The molecular formula is C18H9BrCl2N2S. The summed E-state index contributed by atoms with van der Waals surface area (Å²) in [5.41, 5.74) is 3.04. The van der Waals surface area contributed by atoms with Gasteiger partial charge in [0.1, 0.15) is 11.1 Å². The first-order valence-electron chi connectivity index (χ1n) is 6.85. The molecular weight excluding hydrogens is 427 g/mol. The molecule has 0 fully saturated rings. The van der Waals surface area contributed by atoms with Crippen molar-refractivity contribution in [2.24, 2.45) is 0 Å². The molecule has 0 spiro atoms. The Bertz CT molecular complexity index is 956. The largest absolute Gasteiger partial charge is 0.235 e. The summed E-state index contributed by atoms with van der Waals surface area (Å²) in [6, 6.07) is 15.3. The van der Waals surface area contributed by atoms with Crippen molar-refractivity contribution in [2.45, 2.75) is 0 Å². The fourth-order valence-corrected chi connectivity index (χ4v) is 3.59. The molecule has 0 saturated heterocycles. The Kier molecular flexibility index (Phi) is 5.37. The number of thiazole rings is 1. The van der Waals surface area contributed by atoms with Gasteiger partial charge in [-0.1, -0.05) is 57.3 Å². The monoisotopic (exact) mass is 434 g/mol. The average Bonchev–Trinajstić information content (AvgIpc) is 3.05. The summed E-state index contributed by atoms with van der Waals surface area (Å²) in [5.74, 6) is 0. The topological polar surface area (TPSA) is 36.7 Å². The SMILES string of the molecule is N#CC(=Cc1ccc(Cl)cc1Cl)c1nc(-c2ccc(Br)cc2)cs1. The maximum atomic E-state index is 9.48. The number of halogens is 3. The quantitative estimate of drug-likeness (QED) is 0.417. The molecule has 3 aromatic rings. The second kappa shape index (κ2) is 7.50. The third kappa shape index (κ3) is 3.88. The van der Waals surface area contributed by atoms with Crippen LogP contribution in [0.15, 0.2) is 52.3 Å². The molecule has 0 aliphatic heterocycles. The van der Waals surface area contributed by atoms with E-state index in [1.807, 2.05) is 29.6 Å². The van der Waals surface area contributed by atoms with E-state index in [0.29, 0.717) is 20.6 Å². The first-order chi connectivity index (χ1) is 11.6. The third-order valence-electron chi connectivity index (χ3n) is 3.26. The molecule has 1 aromatic heterocycles. The zero-order valence-electron chi connectivity index (χ0n) is 12.1. The Morgan fingerprint density at radius 3 is 2.58 bits per heavy atom. The predicted octanol–water partition coefficient (Wildman–Crippen LogP) is 6.94. The summed E-state index contributed by atoms with van der Waals surface area (Å²) < 4.78 is 1.01. The van der Waals surface area contributed by atoms with Gasteiger partial charge in [-0.15, -0.1) is 11.3 Å². The highest BCUT2D eigenvalue weighted by Crippen LogP contribution is 2.30. The van der Waals surface area contributed by atoms with Crippen molar-refractivity contribution in [2.75, 3.05) is 0 Å². The lowest BCUT2D eigenvalue weighted by atomic mass is 10.1. The van der Waals surface area contributed by atoms with Crippen molar-refractivity contribution in [3.05, 3.63) is 72.9 Å². The number of hydrogen-bond acceptors (Lipinski definition) is 3. The summed E-state index contributed by atoms with van der Waals surface area (Å²) in [4.78, 5) is 4.57. The van der Waals surface area contributed by atoms with Crippen molar-refractivity contribution >= 4 is 62.1 Å². The molecule has 0 unspecified atom stereocenters. The minimum absolute atomic E-state index is 0.465. The molecule has 0 amide bonds. The fourth-order valence-electron chi connectivity index (χ4n) is 2.07. The van der Waals surface area contributed by atoms with Crippen LogP contribution in [-0.2, 0) is 0 Å². The highest BCUT2D eigenvalue weighted by atomic mass is 79.9. The van der Waals surface area contributed by atoms with Gasteiger partial charge in [0.05, 0.1) is 11.3 Å². The van der Waals surface area contributed by atoms with E-state index in [1.54, 1.807) is 24.3 Å². The minimum Gasteiger partial charge on any atom is -0.235 e. The van der Waals surface area contributed by atoms with Crippen LogP contribution in [-0.4, -0.2) is 4.98 Å². The highest BCUT2D eigenvalue weighted by molar-refractivity contribution is 9.10. The molecule has 2 aromatic carbocycles. The molecule has 0 bridgehead atoms. The van der Waals surface area contributed by atoms with E-state index in [4.69, 9.17) is 23.2 Å². The van der Waals surface area contributed by atoms with Crippen molar-refractivity contribution in [1.29, 1.82) is 5.26 Å². The van der Waals surface area contributed by atoms with Crippen LogP contribution in [0.25, 0.3) is 22.9 Å². The second-order valence-electron chi connectivity index (χ2n) is 4.88. The van der Waals surface area contributed by atoms with E-state index in [0.717, 1.165) is 21.3 Å². The molecule has 24 heavy (non-hydrogen) atoms. The van der Waals surface area contributed by atoms with Gasteiger partial charge in [0.2, 0.25) is 0 Å². The summed E-state index contributed by atoms with van der Waals surface area (Å²) in [6.07, 6.45) is 1.73. The number of nitriles is 1. The number of allylic oxidation sites excluding steroid dienone is 1. The molecule has 6 heteroatoms. The Morgan fingerprint density at radius 1 is 1.17 bits per heavy atom. The third-order valence-corrected chi connectivity index (χ3v) is 5.22. The van der Waals surface area contributed by atoms with Crippen molar-refractivity contribution in [3.63, 3.8) is 0 Å². The lowest BCUT2D eigenvalue weighted by molar-refractivity contribution is 1.37. The molecule has 0 aliphatic carbocycles. The fraction of sp³-hybridized carbons (Fsp3) is 0. The van der Waals surface area contributed by atoms with E-state index in [2.05, 4.69) is 27.0 Å². The number of hydrogen-bond donors (Lipinski definition) is 0. The summed E-state index contributed by atoms with van der Waals surface area (Å²) in [6.45, 7) is 0. The van der Waals surface area contributed by atoms with Crippen LogP contribution in [0.2, 0.25) is 10.0 Å². The molecule has 0 atom stereocenters. The smallest absolute Gasteiger partial charge is 0.134 e. The highest BCUT2D eigenvalue weighted by Gasteiger charge is 2.10. The molecule has 0 aliphatic rings. The van der Waals surface area contributed by atoms with Crippen molar-refractivity contribution in [1.82, 2.24) is 4.98 Å². The van der Waals surface area contributed by atoms with Crippen LogP contribution < -0.4 is 0 Å². The first-order valence-corrected chi connectivity index (χ1v) is 9.28. The Hall–Kier alpha value is -1.64. The van der Waals surface area contributed by atoms with Crippen molar-refractivity contribution in [3.8, 4) is 17.3 Å². The maximum absolute atomic E-state index is 9.48. The van der Waals surface area contributed by atoms with Gasteiger partial charge in [-0.3, -0.25) is 0 Å². The molecule has 0 N–H and O–H groups in total. The van der Waals surface area contributed by atoms with Gasteiger partial charge in [-0.25, -0.2) is 4.98 Å². The lowest BCUT2D eigenvalue weighted by Crippen LogP contribution is -1.84. The van der Waals surface area contributed by atoms with Gasteiger partial charge in [-0.2, -0.15) is 5.26 Å².